The Kier molecular flexibility index (Phi) is 1.71. The Bertz CT molecular complexity index is 408. The highest BCUT2D eigenvalue weighted by Gasteiger charge is 1.96. The molecule has 0 amide bonds. The van der Waals surface area contributed by atoms with E-state index in [-0.39, 0.29) is 0 Å². The largest absolute Gasteiger partial charge is 0.342 e. The fourth-order valence-corrected chi connectivity index (χ4v) is 0.452. The minimum atomic E-state index is -0.813. The first kappa shape index (κ1) is 7.03. The number of azide groups is 1. The van der Waals surface area contributed by atoms with Crippen molar-refractivity contribution in [2.75, 3.05) is 0 Å². The molecule has 1 aromatic heterocycles. The second kappa shape index (κ2) is 2.67. The maximum atomic E-state index is 10.6. The van der Waals surface area contributed by atoms with Crippen LogP contribution in [-0.4, -0.2) is 15.2 Å². The molecule has 0 aliphatic heterocycles. The third-order valence-corrected chi connectivity index (χ3v) is 0.833. The van der Waals surface area contributed by atoms with Crippen LogP contribution in [-0.2, 0) is 0 Å². The van der Waals surface area contributed by atoms with Gasteiger partial charge < -0.3 is 0 Å². The van der Waals surface area contributed by atoms with Gasteiger partial charge in [0.05, 0.1) is 0 Å². The molecule has 1 rings (SSSR count). The lowest BCUT2D eigenvalue weighted by atomic mass is 10.7. The maximum absolute atomic E-state index is 10.6. The number of nitrogens with one attached hydrogen (secondary N) is 2. The van der Waals surface area contributed by atoms with E-state index in [0.717, 1.165) is 0 Å². The van der Waals surface area contributed by atoms with Crippen LogP contribution in [0.2, 0.25) is 0 Å². The van der Waals surface area contributed by atoms with Crippen LogP contribution in [0.3, 0.4) is 0 Å². The molecule has 0 aliphatic carbocycles. The summed E-state index contributed by atoms with van der Waals surface area (Å²) >= 11 is 0. The number of hydrogen-bond acceptors (Lipinski definition) is 4. The van der Waals surface area contributed by atoms with Gasteiger partial charge in [-0.15, -0.1) is 0 Å². The van der Waals surface area contributed by atoms with Gasteiger partial charge in [0.15, 0.2) is 0 Å². The van der Waals surface area contributed by atoms with Gasteiger partial charge in [0.1, 0.15) is 0 Å². The molecule has 0 aliphatic rings. The Hall–Kier alpha value is -2.08. The zero-order chi connectivity index (χ0) is 8.27. The molecule has 0 aromatic carbocycles. The monoisotopic (exact) mass is 154 g/mol. The van der Waals surface area contributed by atoms with Crippen molar-refractivity contribution < 1.29 is 0 Å². The van der Waals surface area contributed by atoms with Crippen LogP contribution in [0.1, 0.15) is 0 Å². The van der Waals surface area contributed by atoms with Crippen molar-refractivity contribution in [3.8, 4) is 0 Å². The average Bonchev–Trinajstić information content (AvgIpc) is 1.95. The summed E-state index contributed by atoms with van der Waals surface area (Å²) in [6.07, 6.45) is 0. The van der Waals surface area contributed by atoms with Crippen LogP contribution < -0.4 is 11.2 Å². The van der Waals surface area contributed by atoms with Crippen LogP contribution in [0, 0.1) is 0 Å². The molecule has 0 spiro atoms. The second-order valence-corrected chi connectivity index (χ2v) is 1.52. The molecule has 0 bridgehead atoms. The number of aromatic amines is 2. The smallest absolute Gasteiger partial charge is 0.271 e. The molecule has 56 valence electrons. The average molecular weight is 154 g/mol. The number of H-pyrrole nitrogens is 2. The Morgan fingerprint density at radius 3 is 2.82 bits per heavy atom. The highest BCUT2D eigenvalue weighted by Crippen LogP contribution is 1.91. The summed E-state index contributed by atoms with van der Waals surface area (Å²) < 4.78 is 0. The van der Waals surface area contributed by atoms with Gasteiger partial charge in [0.2, 0.25) is 5.82 Å². The van der Waals surface area contributed by atoms with Gasteiger partial charge in [-0.25, -0.2) is 9.89 Å². The quantitative estimate of drug-likeness (QED) is 0.318. The van der Waals surface area contributed by atoms with E-state index in [4.69, 9.17) is 5.53 Å². The van der Waals surface area contributed by atoms with E-state index >= 15 is 0 Å². The van der Waals surface area contributed by atoms with Crippen molar-refractivity contribution >= 4 is 5.82 Å². The lowest BCUT2D eigenvalue weighted by molar-refractivity contribution is 0.887. The van der Waals surface area contributed by atoms with Crippen LogP contribution >= 0.6 is 0 Å². The summed E-state index contributed by atoms with van der Waals surface area (Å²) in [6.45, 7) is 0. The zero-order valence-electron chi connectivity index (χ0n) is 5.11. The van der Waals surface area contributed by atoms with E-state index in [1.165, 1.54) is 0 Å². The minimum Gasteiger partial charge on any atom is -0.271 e. The Morgan fingerprint density at radius 1 is 1.55 bits per heavy atom. The third-order valence-electron chi connectivity index (χ3n) is 0.833. The lowest BCUT2D eigenvalue weighted by Crippen LogP contribution is -2.22. The van der Waals surface area contributed by atoms with Gasteiger partial charge in [-0.2, -0.15) is 5.10 Å². The van der Waals surface area contributed by atoms with E-state index in [2.05, 4.69) is 15.1 Å². The number of nitrogens with zero attached hydrogens (tertiary/aromatic N) is 4. The van der Waals surface area contributed by atoms with Crippen molar-refractivity contribution in [3.05, 3.63) is 31.3 Å². The first-order valence-electron chi connectivity index (χ1n) is 2.48. The predicted molar refractivity (Wildman–Crippen MR) is 34.3 cm³/mol. The molecule has 1 heterocycles. The zero-order valence-corrected chi connectivity index (χ0v) is 5.11. The molecule has 0 unspecified atom stereocenters. The van der Waals surface area contributed by atoms with E-state index in [1.54, 1.807) is 0 Å². The summed E-state index contributed by atoms with van der Waals surface area (Å²) in [6, 6.07) is 0. The SMILES string of the molecule is [N-]=[N+]=Nc1n[nH]c(=O)[nH]c1=O. The fourth-order valence-electron chi connectivity index (χ4n) is 0.452. The number of aromatic nitrogens is 3. The number of rotatable bonds is 1. The third kappa shape index (κ3) is 1.43. The van der Waals surface area contributed by atoms with Gasteiger partial charge in [-0.1, -0.05) is 0 Å². The van der Waals surface area contributed by atoms with E-state index in [9.17, 15) is 9.59 Å². The van der Waals surface area contributed by atoms with Gasteiger partial charge >= 0.3 is 5.69 Å². The fraction of sp³-hybridized carbons (Fsp3) is 0. The molecular weight excluding hydrogens is 152 g/mol. The normalized spacial score (nSPS) is 8.73. The van der Waals surface area contributed by atoms with Gasteiger partial charge in [-0.05, 0) is 10.6 Å². The predicted octanol–water partition coefficient (Wildman–Crippen LogP) is -0.600. The van der Waals surface area contributed by atoms with Gasteiger partial charge in [0.25, 0.3) is 5.56 Å². The van der Waals surface area contributed by atoms with Gasteiger partial charge in [0, 0.05) is 4.91 Å². The van der Waals surface area contributed by atoms with E-state index in [1.807, 2.05) is 10.1 Å². The summed E-state index contributed by atoms with van der Waals surface area (Å²) in [7, 11) is 0. The molecular formula is C3H2N6O2. The van der Waals surface area contributed by atoms with Crippen molar-refractivity contribution in [3.63, 3.8) is 0 Å². The Labute approximate surface area is 58.5 Å². The molecule has 8 heteroatoms. The molecule has 11 heavy (non-hydrogen) atoms. The molecule has 8 nitrogen and oxygen atoms in total. The first-order chi connectivity index (χ1) is 5.24. The van der Waals surface area contributed by atoms with E-state index < -0.39 is 17.1 Å². The van der Waals surface area contributed by atoms with Crippen molar-refractivity contribution in [1.82, 2.24) is 15.2 Å². The highest BCUT2D eigenvalue weighted by molar-refractivity contribution is 5.18. The first-order valence-corrected chi connectivity index (χ1v) is 2.48. The van der Waals surface area contributed by atoms with Gasteiger partial charge in [-0.3, -0.25) is 9.78 Å². The van der Waals surface area contributed by atoms with Crippen LogP contribution in [0.4, 0.5) is 5.82 Å². The molecule has 0 saturated heterocycles. The summed E-state index contributed by atoms with van der Waals surface area (Å²) in [5.41, 5.74) is 6.33. The molecule has 0 atom stereocenters. The highest BCUT2D eigenvalue weighted by atomic mass is 16.2. The van der Waals surface area contributed by atoms with Crippen molar-refractivity contribution in [2.24, 2.45) is 5.11 Å². The standard InChI is InChI=1S/C3H2N6O2/c4-9-7-1-2(10)5-3(11)8-6-1/h(H2,5,8,10,11). The number of hydrogen-bond donors (Lipinski definition) is 2. The van der Waals surface area contributed by atoms with Crippen LogP contribution in [0.25, 0.3) is 10.4 Å². The summed E-state index contributed by atoms with van der Waals surface area (Å²) in [5, 5.41) is 7.97. The maximum Gasteiger partial charge on any atom is 0.342 e. The van der Waals surface area contributed by atoms with Crippen molar-refractivity contribution in [1.29, 1.82) is 0 Å². The Morgan fingerprint density at radius 2 is 2.27 bits per heavy atom. The molecule has 0 fully saturated rings. The summed E-state index contributed by atoms with van der Waals surface area (Å²) in [5.74, 6) is -0.410. The van der Waals surface area contributed by atoms with Crippen molar-refractivity contribution in [2.45, 2.75) is 0 Å². The van der Waals surface area contributed by atoms with Crippen LogP contribution in [0.5, 0.6) is 0 Å². The topological polar surface area (TPSA) is 127 Å². The molecule has 1 aromatic rings. The van der Waals surface area contributed by atoms with Crippen LogP contribution in [0.15, 0.2) is 14.7 Å². The molecule has 0 radical (unpaired) electrons. The Balaban J connectivity index is 3.42. The van der Waals surface area contributed by atoms with E-state index in [0.29, 0.717) is 0 Å². The molecule has 2 N–H and O–H groups in total. The lowest BCUT2D eigenvalue weighted by Gasteiger charge is -1.84. The molecule has 0 saturated carbocycles. The minimum absolute atomic E-state index is 0.410. The second-order valence-electron chi connectivity index (χ2n) is 1.52. The summed E-state index contributed by atoms with van der Waals surface area (Å²) in [4.78, 5) is 25.1.